The van der Waals surface area contributed by atoms with E-state index in [1.807, 2.05) is 0 Å². The van der Waals surface area contributed by atoms with Crippen molar-refractivity contribution in [3.05, 3.63) is 28.0 Å². The molecule has 0 fully saturated rings. The van der Waals surface area contributed by atoms with Gasteiger partial charge < -0.3 is 10.4 Å². The number of carboxylic acid groups (broad SMARTS) is 1. The van der Waals surface area contributed by atoms with Gasteiger partial charge in [-0.1, -0.05) is 23.2 Å². The molecule has 0 aliphatic rings. The fraction of sp³-hybridized carbons (Fsp3) is 0.364. The van der Waals surface area contributed by atoms with E-state index in [1.54, 1.807) is 6.20 Å². The minimum atomic E-state index is -1.07. The van der Waals surface area contributed by atoms with E-state index in [4.69, 9.17) is 28.3 Å². The van der Waals surface area contributed by atoms with Crippen molar-refractivity contribution >= 4 is 46.8 Å². The number of nitrogens with one attached hydrogen (secondary N) is 1. The summed E-state index contributed by atoms with van der Waals surface area (Å²) in [7, 11) is 0. The monoisotopic (exact) mass is 322 g/mol. The number of aliphatic carboxylic acids is 1. The van der Waals surface area contributed by atoms with Crippen LogP contribution in [0.5, 0.6) is 0 Å². The molecule has 1 aromatic heterocycles. The maximum absolute atomic E-state index is 10.9. The van der Waals surface area contributed by atoms with E-state index >= 15 is 0 Å². The second-order valence-electron chi connectivity index (χ2n) is 3.70. The third-order valence-electron chi connectivity index (χ3n) is 2.11. The molecule has 0 aliphatic heterocycles. The van der Waals surface area contributed by atoms with Crippen LogP contribution >= 0.6 is 35.0 Å². The number of pyridine rings is 1. The van der Waals surface area contributed by atoms with Crippen LogP contribution in [0.25, 0.3) is 0 Å². The van der Waals surface area contributed by atoms with Crippen molar-refractivity contribution in [2.45, 2.75) is 18.7 Å². The van der Waals surface area contributed by atoms with Crippen LogP contribution in [0, 0.1) is 0 Å². The number of aromatic nitrogens is 1. The molecular formula is C11H12Cl2N2O3S. The predicted octanol–water partition coefficient (Wildman–Crippen LogP) is 2.21. The Morgan fingerprint density at radius 2 is 2.21 bits per heavy atom. The van der Waals surface area contributed by atoms with Crippen LogP contribution in [0.2, 0.25) is 10.2 Å². The molecule has 2 N–H and O–H groups in total. The molecule has 0 spiro atoms. The lowest BCUT2D eigenvalue weighted by atomic mass is 10.3. The molecule has 104 valence electrons. The molecule has 0 bridgehead atoms. The zero-order chi connectivity index (χ0) is 14.4. The van der Waals surface area contributed by atoms with Gasteiger partial charge >= 0.3 is 5.97 Å². The highest BCUT2D eigenvalue weighted by Crippen LogP contribution is 2.23. The second kappa shape index (κ2) is 7.57. The van der Waals surface area contributed by atoms with Crippen molar-refractivity contribution in [3.8, 4) is 0 Å². The van der Waals surface area contributed by atoms with Crippen molar-refractivity contribution in [3.63, 3.8) is 0 Å². The first-order valence-corrected chi connectivity index (χ1v) is 7.18. The molecule has 0 aliphatic carbocycles. The van der Waals surface area contributed by atoms with E-state index in [0.29, 0.717) is 15.9 Å². The Morgan fingerprint density at radius 1 is 1.53 bits per heavy atom. The maximum Gasteiger partial charge on any atom is 0.327 e. The Kier molecular flexibility index (Phi) is 6.41. The van der Waals surface area contributed by atoms with Gasteiger partial charge in [0.15, 0.2) is 0 Å². The number of amides is 1. The van der Waals surface area contributed by atoms with E-state index in [0.717, 1.165) is 5.56 Å². The number of halogens is 2. The lowest BCUT2D eigenvalue weighted by Gasteiger charge is -2.12. The van der Waals surface area contributed by atoms with Gasteiger partial charge in [-0.15, -0.1) is 0 Å². The normalized spacial score (nSPS) is 11.9. The number of hydrogen-bond donors (Lipinski definition) is 2. The molecule has 1 unspecified atom stereocenters. The Hall–Kier alpha value is -0.980. The largest absolute Gasteiger partial charge is 0.480 e. The number of carbonyl (C=O) groups excluding carboxylic acids is 1. The van der Waals surface area contributed by atoms with Gasteiger partial charge in [0.05, 0.1) is 0 Å². The summed E-state index contributed by atoms with van der Waals surface area (Å²) in [5.41, 5.74) is 0.767. The molecule has 5 nitrogen and oxygen atoms in total. The molecule has 1 amide bonds. The molecule has 1 heterocycles. The molecule has 8 heteroatoms. The van der Waals surface area contributed by atoms with Crippen LogP contribution < -0.4 is 5.32 Å². The summed E-state index contributed by atoms with van der Waals surface area (Å²) >= 11 is 13.0. The first-order valence-electron chi connectivity index (χ1n) is 5.27. The van der Waals surface area contributed by atoms with Crippen molar-refractivity contribution in [1.82, 2.24) is 10.3 Å². The molecule has 0 saturated heterocycles. The molecule has 0 aromatic carbocycles. The molecule has 1 rings (SSSR count). The highest BCUT2D eigenvalue weighted by atomic mass is 35.5. The number of nitrogens with zero attached hydrogens (tertiary/aromatic N) is 1. The summed E-state index contributed by atoms with van der Waals surface area (Å²) in [4.78, 5) is 25.7. The third-order valence-corrected chi connectivity index (χ3v) is 3.76. The van der Waals surface area contributed by atoms with Crippen LogP contribution in [0.15, 0.2) is 12.3 Å². The fourth-order valence-corrected chi connectivity index (χ4v) is 2.79. The topological polar surface area (TPSA) is 79.3 Å². The van der Waals surface area contributed by atoms with Gasteiger partial charge in [0.25, 0.3) is 0 Å². The number of carbonyl (C=O) groups is 2. The number of rotatable bonds is 6. The van der Waals surface area contributed by atoms with Gasteiger partial charge in [0, 0.05) is 29.6 Å². The first kappa shape index (κ1) is 16.1. The first-order chi connectivity index (χ1) is 8.90. The van der Waals surface area contributed by atoms with Crippen molar-refractivity contribution in [2.24, 2.45) is 0 Å². The van der Waals surface area contributed by atoms with Gasteiger partial charge in [-0.3, -0.25) is 4.79 Å². The number of carboxylic acids is 1. The minimum Gasteiger partial charge on any atom is -0.480 e. The lowest BCUT2D eigenvalue weighted by Crippen LogP contribution is -2.41. The summed E-state index contributed by atoms with van der Waals surface area (Å²) < 4.78 is 0. The molecule has 1 atom stereocenters. The standard InChI is InChI=1S/C11H12Cl2N2O3S/c1-6(16)15-9(11(17)18)5-19-4-7-3-14-10(13)2-8(7)12/h2-3,9H,4-5H2,1H3,(H,15,16)(H,17,18). The average molecular weight is 323 g/mol. The minimum absolute atomic E-state index is 0.244. The van der Waals surface area contributed by atoms with E-state index in [9.17, 15) is 9.59 Å². The highest BCUT2D eigenvalue weighted by molar-refractivity contribution is 7.98. The maximum atomic E-state index is 10.9. The zero-order valence-electron chi connectivity index (χ0n) is 10.0. The van der Waals surface area contributed by atoms with Gasteiger partial charge in [-0.25, -0.2) is 9.78 Å². The predicted molar refractivity (Wildman–Crippen MR) is 75.7 cm³/mol. The number of thioether (sulfide) groups is 1. The summed E-state index contributed by atoms with van der Waals surface area (Å²) in [5, 5.41) is 12.1. The molecule has 1 aromatic rings. The van der Waals surface area contributed by atoms with Crippen LogP contribution in [-0.4, -0.2) is 33.8 Å². The lowest BCUT2D eigenvalue weighted by molar-refractivity contribution is -0.140. The van der Waals surface area contributed by atoms with Crippen LogP contribution in [0.4, 0.5) is 0 Å². The highest BCUT2D eigenvalue weighted by Gasteiger charge is 2.18. The molecular weight excluding hydrogens is 311 g/mol. The van der Waals surface area contributed by atoms with Gasteiger partial charge in [0.2, 0.25) is 5.91 Å². The van der Waals surface area contributed by atoms with Crippen LogP contribution in [0.3, 0.4) is 0 Å². The Morgan fingerprint density at radius 3 is 2.74 bits per heavy atom. The quantitative estimate of drug-likeness (QED) is 0.785. The van der Waals surface area contributed by atoms with E-state index < -0.39 is 12.0 Å². The second-order valence-corrected chi connectivity index (χ2v) is 5.53. The smallest absolute Gasteiger partial charge is 0.327 e. The summed E-state index contributed by atoms with van der Waals surface area (Å²) in [6.45, 7) is 1.28. The van der Waals surface area contributed by atoms with Crippen LogP contribution in [-0.2, 0) is 15.3 Å². The van der Waals surface area contributed by atoms with E-state index in [2.05, 4.69) is 10.3 Å². The zero-order valence-corrected chi connectivity index (χ0v) is 12.3. The SMILES string of the molecule is CC(=O)NC(CSCc1cnc(Cl)cc1Cl)C(=O)O. The van der Waals surface area contributed by atoms with Gasteiger partial charge in [-0.2, -0.15) is 11.8 Å². The summed E-state index contributed by atoms with van der Waals surface area (Å²) in [6, 6.07) is 0.614. The average Bonchev–Trinajstić information content (AvgIpc) is 2.29. The Balaban J connectivity index is 2.52. The molecule has 0 radical (unpaired) electrons. The van der Waals surface area contributed by atoms with Crippen molar-refractivity contribution in [1.29, 1.82) is 0 Å². The fourth-order valence-electron chi connectivity index (χ4n) is 1.25. The summed E-state index contributed by atoms with van der Waals surface area (Å²) in [5.74, 6) is -0.706. The summed E-state index contributed by atoms with van der Waals surface area (Å²) in [6.07, 6.45) is 1.55. The van der Waals surface area contributed by atoms with E-state index in [-0.39, 0.29) is 11.7 Å². The Labute approximate surface area is 124 Å². The van der Waals surface area contributed by atoms with Gasteiger partial charge in [0.1, 0.15) is 11.2 Å². The van der Waals surface area contributed by atoms with Crippen LogP contribution in [0.1, 0.15) is 12.5 Å². The van der Waals surface area contributed by atoms with Crippen molar-refractivity contribution in [2.75, 3.05) is 5.75 Å². The number of hydrogen-bond acceptors (Lipinski definition) is 4. The Bertz CT molecular complexity index is 485. The van der Waals surface area contributed by atoms with E-state index in [1.165, 1.54) is 24.8 Å². The third kappa shape index (κ3) is 5.67. The van der Waals surface area contributed by atoms with Crippen molar-refractivity contribution < 1.29 is 14.7 Å². The molecule has 0 saturated carbocycles. The van der Waals surface area contributed by atoms with Gasteiger partial charge in [-0.05, 0) is 11.6 Å². The molecule has 19 heavy (non-hydrogen) atoms.